The molecule has 0 aliphatic carbocycles. The molecule has 0 amide bonds. The summed E-state index contributed by atoms with van der Waals surface area (Å²) in [5, 5.41) is 11.0. The molecule has 21 heavy (non-hydrogen) atoms. The van der Waals surface area contributed by atoms with E-state index in [1.54, 1.807) is 12.1 Å². The van der Waals surface area contributed by atoms with Gasteiger partial charge in [-0.25, -0.2) is 4.98 Å². The van der Waals surface area contributed by atoms with Gasteiger partial charge >= 0.3 is 0 Å². The van der Waals surface area contributed by atoms with Gasteiger partial charge in [-0.05, 0) is 29.3 Å². The molecule has 3 N–H and O–H groups in total. The van der Waals surface area contributed by atoms with Crippen molar-refractivity contribution in [2.24, 2.45) is 0 Å². The first-order valence-electron chi connectivity index (χ1n) is 6.72. The number of carboxylic acids is 1. The van der Waals surface area contributed by atoms with Gasteiger partial charge in [0.25, 0.3) is 0 Å². The van der Waals surface area contributed by atoms with E-state index < -0.39 is 5.97 Å². The van der Waals surface area contributed by atoms with Crippen LogP contribution in [0.1, 0.15) is 21.7 Å². The van der Waals surface area contributed by atoms with Crippen LogP contribution in [0.4, 0.5) is 0 Å². The van der Waals surface area contributed by atoms with Crippen LogP contribution in [0.5, 0.6) is 0 Å². The van der Waals surface area contributed by atoms with Crippen molar-refractivity contribution in [1.82, 2.24) is 9.55 Å². The minimum Gasteiger partial charge on any atom is -0.545 e. The van der Waals surface area contributed by atoms with Crippen LogP contribution >= 0.6 is 0 Å². The fourth-order valence-corrected chi connectivity index (χ4v) is 2.47. The molecule has 2 aromatic carbocycles. The number of carboxylic acid groups (broad SMARTS) is 1. The van der Waals surface area contributed by atoms with Crippen molar-refractivity contribution in [1.29, 1.82) is 0 Å². The average Bonchev–Trinajstić information content (AvgIpc) is 2.86. The van der Waals surface area contributed by atoms with E-state index in [9.17, 15) is 9.90 Å². The molecule has 0 aliphatic rings. The molecular formula is C16H15N3O2. The van der Waals surface area contributed by atoms with E-state index in [0.717, 1.165) is 22.4 Å². The molecule has 106 valence electrons. The van der Waals surface area contributed by atoms with Crippen molar-refractivity contribution < 1.29 is 15.6 Å². The van der Waals surface area contributed by atoms with Crippen molar-refractivity contribution in [3.63, 3.8) is 0 Å². The summed E-state index contributed by atoms with van der Waals surface area (Å²) in [5.41, 5.74) is 6.94. The number of fused-ring (bicyclic) bond motifs is 1. The molecule has 5 heteroatoms. The third kappa shape index (κ3) is 2.51. The number of hydrogen-bond donors (Lipinski definition) is 1. The summed E-state index contributed by atoms with van der Waals surface area (Å²) in [5.74, 6) is -0.278. The monoisotopic (exact) mass is 281 g/mol. The van der Waals surface area contributed by atoms with E-state index in [1.807, 2.05) is 30.3 Å². The van der Waals surface area contributed by atoms with Gasteiger partial charge in [-0.3, -0.25) is 0 Å². The Morgan fingerprint density at radius 1 is 1.19 bits per heavy atom. The largest absolute Gasteiger partial charge is 0.545 e. The van der Waals surface area contributed by atoms with Gasteiger partial charge in [-0.15, -0.1) is 0 Å². The van der Waals surface area contributed by atoms with Crippen molar-refractivity contribution in [3.8, 4) is 0 Å². The first-order chi connectivity index (χ1) is 10.2. The zero-order valence-electron chi connectivity index (χ0n) is 11.5. The quantitative estimate of drug-likeness (QED) is 0.740. The molecule has 0 unspecified atom stereocenters. The SMILES string of the molecule is [NH3+]Cc1nc2ccccc2n1Cc1cccc(C(=O)[O-])c1. The average molecular weight is 281 g/mol. The van der Waals surface area contributed by atoms with Gasteiger partial charge in [0.15, 0.2) is 5.82 Å². The Bertz CT molecular complexity index is 808. The molecule has 0 spiro atoms. The highest BCUT2D eigenvalue weighted by Crippen LogP contribution is 2.18. The first-order valence-corrected chi connectivity index (χ1v) is 6.72. The Kier molecular flexibility index (Phi) is 3.41. The predicted molar refractivity (Wildman–Crippen MR) is 76.2 cm³/mol. The molecule has 1 heterocycles. The number of carbonyl (C=O) groups is 1. The molecule has 0 bridgehead atoms. The minimum atomic E-state index is -1.16. The Hall–Kier alpha value is -2.66. The smallest absolute Gasteiger partial charge is 0.165 e. The maximum absolute atomic E-state index is 11.0. The summed E-state index contributed by atoms with van der Waals surface area (Å²) < 4.78 is 2.07. The van der Waals surface area contributed by atoms with Crippen LogP contribution in [0.15, 0.2) is 48.5 Å². The number of para-hydroxylation sites is 2. The number of aromatic carboxylic acids is 1. The second-order valence-electron chi connectivity index (χ2n) is 4.84. The van der Waals surface area contributed by atoms with Gasteiger partial charge in [0.1, 0.15) is 6.54 Å². The number of benzene rings is 2. The third-order valence-corrected chi connectivity index (χ3v) is 3.46. The predicted octanol–water partition coefficient (Wildman–Crippen LogP) is 0.190. The van der Waals surface area contributed by atoms with E-state index in [4.69, 9.17) is 0 Å². The van der Waals surface area contributed by atoms with Crippen LogP contribution in [0.25, 0.3) is 11.0 Å². The summed E-state index contributed by atoms with van der Waals surface area (Å²) in [7, 11) is 0. The Labute approximate surface area is 121 Å². The van der Waals surface area contributed by atoms with E-state index in [2.05, 4.69) is 15.3 Å². The van der Waals surface area contributed by atoms with Crippen molar-refractivity contribution in [2.75, 3.05) is 0 Å². The van der Waals surface area contributed by atoms with Gasteiger partial charge in [0.05, 0.1) is 17.0 Å². The number of rotatable bonds is 4. The number of aromatic nitrogens is 2. The molecule has 0 radical (unpaired) electrons. The van der Waals surface area contributed by atoms with Crippen LogP contribution in [0, 0.1) is 0 Å². The highest BCUT2D eigenvalue weighted by atomic mass is 16.4. The second kappa shape index (κ2) is 5.38. The number of hydrogen-bond acceptors (Lipinski definition) is 3. The van der Waals surface area contributed by atoms with Gasteiger partial charge in [0.2, 0.25) is 0 Å². The fourth-order valence-electron chi connectivity index (χ4n) is 2.47. The molecular weight excluding hydrogens is 266 g/mol. The highest BCUT2D eigenvalue weighted by molar-refractivity contribution is 5.85. The third-order valence-electron chi connectivity index (χ3n) is 3.46. The van der Waals surface area contributed by atoms with Crippen molar-refractivity contribution in [2.45, 2.75) is 13.1 Å². The lowest BCUT2D eigenvalue weighted by molar-refractivity contribution is -0.388. The summed E-state index contributed by atoms with van der Waals surface area (Å²) in [6.45, 7) is 1.14. The summed E-state index contributed by atoms with van der Waals surface area (Å²) >= 11 is 0. The van der Waals surface area contributed by atoms with Gasteiger partial charge in [-0.1, -0.05) is 30.3 Å². The Balaban J connectivity index is 2.05. The normalized spacial score (nSPS) is 10.9. The van der Waals surface area contributed by atoms with Gasteiger partial charge < -0.3 is 20.2 Å². The lowest BCUT2D eigenvalue weighted by Crippen LogP contribution is -2.48. The van der Waals surface area contributed by atoms with Gasteiger partial charge in [0, 0.05) is 6.54 Å². The first kappa shape index (κ1) is 13.3. The molecule has 5 nitrogen and oxygen atoms in total. The molecule has 0 atom stereocenters. The van der Waals surface area contributed by atoms with E-state index in [1.165, 1.54) is 6.07 Å². The zero-order chi connectivity index (χ0) is 14.8. The minimum absolute atomic E-state index is 0.188. The number of imidazole rings is 1. The summed E-state index contributed by atoms with van der Waals surface area (Å²) in [6.07, 6.45) is 0. The standard InChI is InChI=1S/C16H15N3O2/c17-9-15-18-13-6-1-2-7-14(13)19(15)10-11-4-3-5-12(8-11)16(20)21/h1-8H,9-10,17H2,(H,20,21). The molecule has 0 saturated heterocycles. The lowest BCUT2D eigenvalue weighted by atomic mass is 10.1. The van der Waals surface area contributed by atoms with Crippen LogP contribution in [0.2, 0.25) is 0 Å². The summed E-state index contributed by atoms with van der Waals surface area (Å²) in [4.78, 5) is 15.5. The van der Waals surface area contributed by atoms with Crippen LogP contribution in [-0.2, 0) is 13.1 Å². The number of quaternary nitrogens is 1. The Morgan fingerprint density at radius 2 is 2.00 bits per heavy atom. The Morgan fingerprint density at radius 3 is 2.76 bits per heavy atom. The van der Waals surface area contributed by atoms with E-state index >= 15 is 0 Å². The molecule has 3 aromatic rings. The lowest BCUT2D eigenvalue weighted by Gasteiger charge is -2.09. The van der Waals surface area contributed by atoms with Crippen LogP contribution < -0.4 is 10.8 Å². The maximum Gasteiger partial charge on any atom is 0.165 e. The van der Waals surface area contributed by atoms with E-state index in [-0.39, 0.29) is 5.56 Å². The molecule has 0 aliphatic heterocycles. The second-order valence-corrected chi connectivity index (χ2v) is 4.84. The van der Waals surface area contributed by atoms with Crippen molar-refractivity contribution in [3.05, 3.63) is 65.5 Å². The number of nitrogens with zero attached hydrogens (tertiary/aromatic N) is 2. The van der Waals surface area contributed by atoms with Gasteiger partial charge in [-0.2, -0.15) is 0 Å². The molecule has 0 fully saturated rings. The molecule has 3 rings (SSSR count). The maximum atomic E-state index is 11.0. The molecule has 1 aromatic heterocycles. The topological polar surface area (TPSA) is 85.6 Å². The van der Waals surface area contributed by atoms with Crippen LogP contribution in [-0.4, -0.2) is 15.5 Å². The van der Waals surface area contributed by atoms with Crippen LogP contribution in [0.3, 0.4) is 0 Å². The van der Waals surface area contributed by atoms with Crippen molar-refractivity contribution >= 4 is 17.0 Å². The fraction of sp³-hybridized carbons (Fsp3) is 0.125. The summed E-state index contributed by atoms with van der Waals surface area (Å²) in [6, 6.07) is 14.7. The number of carbonyl (C=O) groups excluding carboxylic acids is 1. The highest BCUT2D eigenvalue weighted by Gasteiger charge is 2.10. The van der Waals surface area contributed by atoms with E-state index in [0.29, 0.717) is 13.1 Å². The zero-order valence-corrected chi connectivity index (χ0v) is 11.5. The molecule has 0 saturated carbocycles.